The van der Waals surface area contributed by atoms with Crippen molar-refractivity contribution in [3.05, 3.63) is 23.2 Å². The number of carboxylic acid groups (broad SMARTS) is 1. The van der Waals surface area contributed by atoms with Crippen LogP contribution >= 0.6 is 23.4 Å². The fourth-order valence-electron chi connectivity index (χ4n) is 0.923. The molecule has 0 aliphatic heterocycles. The minimum atomic E-state index is -0.804. The number of hydrogen-bond donors (Lipinski definition) is 2. The second kappa shape index (κ2) is 4.97. The van der Waals surface area contributed by atoms with Crippen LogP contribution in [0, 0.1) is 5.41 Å². The summed E-state index contributed by atoms with van der Waals surface area (Å²) in [6, 6.07) is 5.31. The van der Waals surface area contributed by atoms with Crippen molar-refractivity contribution in [3.63, 3.8) is 0 Å². The third-order valence-electron chi connectivity index (χ3n) is 2.15. The van der Waals surface area contributed by atoms with Crippen LogP contribution < -0.4 is 5.73 Å². The molecule has 0 atom stereocenters. The SMILES string of the molecule is CC(C)(CSc1ccc(N)c(Cl)c1)C(=O)O. The van der Waals surface area contributed by atoms with E-state index in [0.29, 0.717) is 16.5 Å². The molecular formula is C11H14ClNO2S. The van der Waals surface area contributed by atoms with Crippen molar-refractivity contribution >= 4 is 35.0 Å². The lowest BCUT2D eigenvalue weighted by Gasteiger charge is -2.18. The predicted octanol–water partition coefficient (Wildman–Crippen LogP) is 3.13. The van der Waals surface area contributed by atoms with Crippen molar-refractivity contribution < 1.29 is 9.90 Å². The topological polar surface area (TPSA) is 63.3 Å². The Bertz CT molecular complexity index is 407. The van der Waals surface area contributed by atoms with Gasteiger partial charge in [0.25, 0.3) is 0 Å². The molecule has 1 rings (SSSR count). The highest BCUT2D eigenvalue weighted by molar-refractivity contribution is 7.99. The third-order valence-corrected chi connectivity index (χ3v) is 3.93. The Balaban J connectivity index is 2.68. The predicted molar refractivity (Wildman–Crippen MR) is 68.0 cm³/mol. The van der Waals surface area contributed by atoms with Gasteiger partial charge in [0.1, 0.15) is 0 Å². The summed E-state index contributed by atoms with van der Waals surface area (Å²) >= 11 is 7.33. The first kappa shape index (κ1) is 13.2. The van der Waals surface area contributed by atoms with E-state index in [1.807, 2.05) is 6.07 Å². The highest BCUT2D eigenvalue weighted by atomic mass is 35.5. The van der Waals surface area contributed by atoms with Crippen molar-refractivity contribution in [1.29, 1.82) is 0 Å². The molecule has 16 heavy (non-hydrogen) atoms. The first-order valence-corrected chi connectivity index (χ1v) is 6.10. The largest absolute Gasteiger partial charge is 0.481 e. The molecule has 0 aliphatic carbocycles. The Kier molecular flexibility index (Phi) is 4.10. The molecule has 0 unspecified atom stereocenters. The monoisotopic (exact) mass is 259 g/mol. The average Bonchev–Trinajstić information content (AvgIpc) is 2.20. The lowest BCUT2D eigenvalue weighted by Crippen LogP contribution is -2.26. The lowest BCUT2D eigenvalue weighted by molar-refractivity contribution is -0.145. The van der Waals surface area contributed by atoms with E-state index < -0.39 is 11.4 Å². The van der Waals surface area contributed by atoms with E-state index in [1.54, 1.807) is 26.0 Å². The summed E-state index contributed by atoms with van der Waals surface area (Å²) in [6.45, 7) is 3.39. The Morgan fingerprint density at radius 3 is 2.69 bits per heavy atom. The first-order chi connectivity index (χ1) is 7.33. The van der Waals surface area contributed by atoms with Crippen molar-refractivity contribution in [2.24, 2.45) is 5.41 Å². The summed E-state index contributed by atoms with van der Waals surface area (Å²) in [4.78, 5) is 11.8. The van der Waals surface area contributed by atoms with Gasteiger partial charge < -0.3 is 10.8 Å². The van der Waals surface area contributed by atoms with Crippen LogP contribution in [0.15, 0.2) is 23.1 Å². The van der Waals surface area contributed by atoms with E-state index in [9.17, 15) is 4.79 Å². The first-order valence-electron chi connectivity index (χ1n) is 4.74. The van der Waals surface area contributed by atoms with Crippen LogP contribution in [0.3, 0.4) is 0 Å². The average molecular weight is 260 g/mol. The number of hydrogen-bond acceptors (Lipinski definition) is 3. The number of nitrogen functional groups attached to an aromatic ring is 1. The van der Waals surface area contributed by atoms with Crippen molar-refractivity contribution in [1.82, 2.24) is 0 Å². The lowest BCUT2D eigenvalue weighted by atomic mass is 9.97. The molecule has 0 aromatic heterocycles. The number of aliphatic carboxylic acids is 1. The van der Waals surface area contributed by atoms with Crippen molar-refractivity contribution in [3.8, 4) is 0 Å². The number of carboxylic acids is 1. The standard InChI is InChI=1S/C11H14ClNO2S/c1-11(2,10(14)15)6-16-7-3-4-9(13)8(12)5-7/h3-5H,6,13H2,1-2H3,(H,14,15). The molecule has 0 amide bonds. The smallest absolute Gasteiger partial charge is 0.309 e. The zero-order chi connectivity index (χ0) is 12.3. The fourth-order valence-corrected chi connectivity index (χ4v) is 2.18. The van der Waals surface area contributed by atoms with Crippen LogP contribution in [-0.4, -0.2) is 16.8 Å². The van der Waals surface area contributed by atoms with Crippen LogP contribution in [0.1, 0.15) is 13.8 Å². The number of thioether (sulfide) groups is 1. The molecule has 0 saturated carbocycles. The molecule has 1 aromatic rings. The Hall–Kier alpha value is -0.870. The van der Waals surface area contributed by atoms with Crippen LogP contribution in [0.25, 0.3) is 0 Å². The molecule has 88 valence electrons. The van der Waals surface area contributed by atoms with Gasteiger partial charge in [-0.1, -0.05) is 11.6 Å². The summed E-state index contributed by atoms with van der Waals surface area (Å²) in [6.07, 6.45) is 0. The zero-order valence-corrected chi connectivity index (χ0v) is 10.7. The van der Waals surface area contributed by atoms with Crippen LogP contribution in [0.2, 0.25) is 5.02 Å². The van der Waals surface area contributed by atoms with Gasteiger partial charge >= 0.3 is 5.97 Å². The maximum Gasteiger partial charge on any atom is 0.309 e. The molecule has 0 bridgehead atoms. The quantitative estimate of drug-likeness (QED) is 0.644. The van der Waals surface area contributed by atoms with Gasteiger partial charge in [0.05, 0.1) is 16.1 Å². The van der Waals surface area contributed by atoms with E-state index in [2.05, 4.69) is 0 Å². The molecule has 0 heterocycles. The van der Waals surface area contributed by atoms with Crippen LogP contribution in [-0.2, 0) is 4.79 Å². The van der Waals surface area contributed by atoms with E-state index in [0.717, 1.165) is 4.90 Å². The van der Waals surface area contributed by atoms with Gasteiger partial charge in [-0.15, -0.1) is 11.8 Å². The number of nitrogens with two attached hydrogens (primary N) is 1. The van der Waals surface area contributed by atoms with Gasteiger partial charge in [0, 0.05) is 10.6 Å². The zero-order valence-electron chi connectivity index (χ0n) is 9.16. The second-order valence-corrected chi connectivity index (χ2v) is 5.62. The van der Waals surface area contributed by atoms with Gasteiger partial charge in [0.15, 0.2) is 0 Å². The second-order valence-electron chi connectivity index (χ2n) is 4.16. The van der Waals surface area contributed by atoms with Crippen molar-refractivity contribution in [2.45, 2.75) is 18.7 Å². The summed E-state index contributed by atoms with van der Waals surface area (Å²) in [5.74, 6) is -0.315. The third kappa shape index (κ3) is 3.32. The Morgan fingerprint density at radius 1 is 1.56 bits per heavy atom. The van der Waals surface area contributed by atoms with Gasteiger partial charge in [0.2, 0.25) is 0 Å². The number of benzene rings is 1. The summed E-state index contributed by atoms with van der Waals surface area (Å²) < 4.78 is 0. The molecule has 0 radical (unpaired) electrons. The Labute approximate surface area is 104 Å². The van der Waals surface area contributed by atoms with Crippen LogP contribution in [0.5, 0.6) is 0 Å². The molecule has 3 nitrogen and oxygen atoms in total. The number of halogens is 1. The van der Waals surface area contributed by atoms with Gasteiger partial charge in [-0.25, -0.2) is 0 Å². The highest BCUT2D eigenvalue weighted by Crippen LogP contribution is 2.31. The molecule has 5 heteroatoms. The number of anilines is 1. The Morgan fingerprint density at radius 2 is 2.19 bits per heavy atom. The molecule has 0 saturated heterocycles. The maximum absolute atomic E-state index is 10.9. The van der Waals surface area contributed by atoms with Gasteiger partial charge in [-0.3, -0.25) is 4.79 Å². The molecular weight excluding hydrogens is 246 g/mol. The molecule has 1 aromatic carbocycles. The van der Waals surface area contributed by atoms with Gasteiger partial charge in [-0.05, 0) is 32.0 Å². The molecule has 0 spiro atoms. The molecule has 0 fully saturated rings. The highest BCUT2D eigenvalue weighted by Gasteiger charge is 2.27. The maximum atomic E-state index is 10.9. The normalized spacial score (nSPS) is 11.4. The number of carbonyl (C=O) groups is 1. The van der Waals surface area contributed by atoms with Gasteiger partial charge in [-0.2, -0.15) is 0 Å². The van der Waals surface area contributed by atoms with E-state index >= 15 is 0 Å². The molecule has 3 N–H and O–H groups in total. The summed E-state index contributed by atoms with van der Waals surface area (Å²) in [7, 11) is 0. The van der Waals surface area contributed by atoms with E-state index in [1.165, 1.54) is 11.8 Å². The summed E-state index contributed by atoms with van der Waals surface area (Å²) in [5, 5.41) is 9.46. The molecule has 0 aliphatic rings. The minimum Gasteiger partial charge on any atom is -0.481 e. The fraction of sp³-hybridized carbons (Fsp3) is 0.364. The van der Waals surface area contributed by atoms with Crippen molar-refractivity contribution in [2.75, 3.05) is 11.5 Å². The minimum absolute atomic E-state index is 0.489. The summed E-state index contributed by atoms with van der Waals surface area (Å²) in [5.41, 5.74) is 5.36. The van der Waals surface area contributed by atoms with E-state index in [4.69, 9.17) is 22.4 Å². The number of rotatable bonds is 4. The van der Waals surface area contributed by atoms with E-state index in [-0.39, 0.29) is 0 Å². The van der Waals surface area contributed by atoms with Crippen LogP contribution in [0.4, 0.5) is 5.69 Å².